The molecule has 0 radical (unpaired) electrons. The summed E-state index contributed by atoms with van der Waals surface area (Å²) in [6.07, 6.45) is -0.623. The Labute approximate surface area is 125 Å². The van der Waals surface area contributed by atoms with Crippen LogP contribution in [0, 0.1) is 0 Å². The van der Waals surface area contributed by atoms with Crippen molar-refractivity contribution in [3.63, 3.8) is 0 Å². The van der Waals surface area contributed by atoms with E-state index in [1.807, 2.05) is 0 Å². The van der Waals surface area contributed by atoms with Gasteiger partial charge in [0.05, 0.1) is 25.9 Å². The third kappa shape index (κ3) is 3.92. The average molecular weight is 340 g/mol. The highest BCUT2D eigenvalue weighted by molar-refractivity contribution is 8.15. The van der Waals surface area contributed by atoms with Crippen molar-refractivity contribution in [2.24, 2.45) is 0 Å². The Morgan fingerprint density at radius 2 is 2.25 bits per heavy atom. The summed E-state index contributed by atoms with van der Waals surface area (Å²) >= 11 is 1.03. The fraction of sp³-hybridized carbons (Fsp3) is 0.545. The first-order valence-electron chi connectivity index (χ1n) is 5.92. The van der Waals surface area contributed by atoms with Crippen LogP contribution < -0.4 is 5.32 Å². The number of hydrogen-bond acceptors (Lipinski definition) is 6. The molecule has 2 heterocycles. The van der Waals surface area contributed by atoms with Gasteiger partial charge in [0.1, 0.15) is 4.21 Å². The first kappa shape index (κ1) is 15.7. The highest BCUT2D eigenvalue weighted by Crippen LogP contribution is 2.28. The molecule has 2 rings (SSSR count). The monoisotopic (exact) mass is 339 g/mol. The predicted molar refractivity (Wildman–Crippen MR) is 74.5 cm³/mol. The van der Waals surface area contributed by atoms with Crippen LogP contribution in [0.2, 0.25) is 0 Å². The van der Waals surface area contributed by atoms with Crippen molar-refractivity contribution in [3.05, 3.63) is 17.0 Å². The second-order valence-electron chi connectivity index (χ2n) is 4.26. The van der Waals surface area contributed by atoms with Crippen LogP contribution in [0.4, 0.5) is 0 Å². The third-order valence-corrected chi connectivity index (χ3v) is 6.10. The van der Waals surface area contributed by atoms with Gasteiger partial charge in [0.15, 0.2) is 6.10 Å². The van der Waals surface area contributed by atoms with E-state index in [2.05, 4.69) is 5.32 Å². The zero-order chi connectivity index (χ0) is 14.8. The molecular weight excluding hydrogens is 326 g/mol. The first-order chi connectivity index (χ1) is 9.38. The maximum atomic E-state index is 11.9. The molecule has 1 aromatic heterocycles. The number of ether oxygens (including phenoxy) is 2. The molecule has 1 fully saturated rings. The quantitative estimate of drug-likeness (QED) is 0.835. The van der Waals surface area contributed by atoms with E-state index in [0.717, 1.165) is 11.3 Å². The number of carbonyl (C=O) groups is 1. The topological polar surface area (TPSA) is 81.7 Å². The second kappa shape index (κ2) is 6.40. The van der Waals surface area contributed by atoms with E-state index < -0.39 is 15.2 Å². The van der Waals surface area contributed by atoms with Crippen molar-refractivity contribution < 1.29 is 22.7 Å². The summed E-state index contributed by atoms with van der Waals surface area (Å²) in [5.74, 6) is -0.277. The fourth-order valence-electron chi connectivity index (χ4n) is 1.71. The lowest BCUT2D eigenvalue weighted by Crippen LogP contribution is -2.43. The lowest BCUT2D eigenvalue weighted by molar-refractivity contribution is -0.148. The summed E-state index contributed by atoms with van der Waals surface area (Å²) in [7, 11) is 1.53. The van der Waals surface area contributed by atoms with Crippen LogP contribution in [-0.4, -0.2) is 40.2 Å². The number of thiophene rings is 1. The van der Waals surface area contributed by atoms with Crippen LogP contribution in [0.25, 0.3) is 0 Å². The number of nitrogens with one attached hydrogen (secondary N) is 1. The summed E-state index contributed by atoms with van der Waals surface area (Å²) < 4.78 is 32.9. The first-order valence-corrected chi connectivity index (χ1v) is 9.04. The summed E-state index contributed by atoms with van der Waals surface area (Å²) in [6.45, 7) is 2.86. The van der Waals surface area contributed by atoms with Crippen molar-refractivity contribution in [2.45, 2.75) is 23.3 Å². The highest BCUT2D eigenvalue weighted by Gasteiger charge is 2.25. The Morgan fingerprint density at radius 1 is 1.50 bits per heavy atom. The Balaban J connectivity index is 1.99. The van der Waals surface area contributed by atoms with Crippen LogP contribution in [0.1, 0.15) is 17.8 Å². The number of carbonyl (C=O) groups excluding carboxylic acids is 1. The molecule has 2 atom stereocenters. The molecule has 1 N–H and O–H groups in total. The summed E-state index contributed by atoms with van der Waals surface area (Å²) in [4.78, 5) is 12.6. The average Bonchev–Trinajstić information content (AvgIpc) is 2.89. The van der Waals surface area contributed by atoms with Gasteiger partial charge in [-0.2, -0.15) is 0 Å². The van der Waals surface area contributed by atoms with Crippen molar-refractivity contribution in [1.29, 1.82) is 0 Å². The molecule has 20 heavy (non-hydrogen) atoms. The van der Waals surface area contributed by atoms with E-state index in [1.54, 1.807) is 13.0 Å². The molecule has 0 aliphatic carbocycles. The third-order valence-electron chi connectivity index (χ3n) is 2.74. The molecule has 1 amide bonds. The van der Waals surface area contributed by atoms with Gasteiger partial charge in [0, 0.05) is 15.6 Å². The van der Waals surface area contributed by atoms with Gasteiger partial charge in [-0.25, -0.2) is 8.42 Å². The van der Waals surface area contributed by atoms with Crippen LogP contribution in [0.5, 0.6) is 0 Å². The fourth-order valence-corrected chi connectivity index (χ4v) is 3.81. The molecule has 2 unspecified atom stereocenters. The lowest BCUT2D eigenvalue weighted by atomic mass is 10.2. The van der Waals surface area contributed by atoms with Gasteiger partial charge in [0.25, 0.3) is 15.0 Å². The molecule has 112 valence electrons. The van der Waals surface area contributed by atoms with Crippen LogP contribution in [0.3, 0.4) is 0 Å². The largest absolute Gasteiger partial charge is 0.376 e. The molecule has 0 aromatic carbocycles. The van der Waals surface area contributed by atoms with E-state index >= 15 is 0 Å². The molecule has 1 aliphatic heterocycles. The van der Waals surface area contributed by atoms with E-state index in [9.17, 15) is 13.2 Å². The SMILES string of the molecule is CC(NC(=O)C1COCCO1)c1ccc(S(=O)(=O)Cl)s1. The number of halogens is 1. The van der Waals surface area contributed by atoms with E-state index in [0.29, 0.717) is 18.1 Å². The molecule has 1 saturated heterocycles. The number of amides is 1. The van der Waals surface area contributed by atoms with Gasteiger partial charge in [-0.05, 0) is 19.1 Å². The van der Waals surface area contributed by atoms with Crippen LogP contribution in [-0.2, 0) is 23.3 Å². The molecule has 1 aliphatic rings. The summed E-state index contributed by atoms with van der Waals surface area (Å²) in [6, 6.07) is 2.72. The van der Waals surface area contributed by atoms with E-state index in [1.165, 1.54) is 6.07 Å². The molecule has 9 heteroatoms. The smallest absolute Gasteiger partial charge is 0.270 e. The normalized spacial score (nSPS) is 21.4. The Kier molecular flexibility index (Phi) is 5.03. The Hall–Kier alpha value is -0.670. The Morgan fingerprint density at radius 3 is 2.80 bits per heavy atom. The minimum atomic E-state index is -3.73. The van der Waals surface area contributed by atoms with Gasteiger partial charge >= 0.3 is 0 Å². The summed E-state index contributed by atoms with van der Waals surface area (Å²) in [5.41, 5.74) is 0. The standard InChI is InChI=1S/C11H14ClNO5S2/c1-7(9-2-3-10(19-9)20(12,15)16)13-11(14)8-6-17-4-5-18-8/h2-3,7-8H,4-6H2,1H3,(H,13,14). The highest BCUT2D eigenvalue weighted by atomic mass is 35.7. The lowest BCUT2D eigenvalue weighted by Gasteiger charge is -2.23. The number of hydrogen-bond donors (Lipinski definition) is 1. The molecule has 0 bridgehead atoms. The van der Waals surface area contributed by atoms with Gasteiger partial charge in [0.2, 0.25) is 0 Å². The minimum Gasteiger partial charge on any atom is -0.376 e. The van der Waals surface area contributed by atoms with Crippen LogP contribution in [0.15, 0.2) is 16.3 Å². The van der Waals surface area contributed by atoms with Gasteiger partial charge < -0.3 is 14.8 Å². The molecular formula is C11H14ClNO5S2. The number of rotatable bonds is 4. The minimum absolute atomic E-state index is 0.0625. The van der Waals surface area contributed by atoms with Crippen LogP contribution >= 0.6 is 22.0 Å². The van der Waals surface area contributed by atoms with E-state index in [4.69, 9.17) is 20.2 Å². The molecule has 6 nitrogen and oxygen atoms in total. The molecule has 0 spiro atoms. The molecule has 0 saturated carbocycles. The van der Waals surface area contributed by atoms with Crippen molar-refractivity contribution in [2.75, 3.05) is 19.8 Å². The zero-order valence-electron chi connectivity index (χ0n) is 10.7. The van der Waals surface area contributed by atoms with E-state index in [-0.39, 0.29) is 22.8 Å². The van der Waals surface area contributed by atoms with Gasteiger partial charge in [-0.3, -0.25) is 4.79 Å². The van der Waals surface area contributed by atoms with Crippen molar-refractivity contribution in [3.8, 4) is 0 Å². The van der Waals surface area contributed by atoms with Gasteiger partial charge in [-0.1, -0.05) is 0 Å². The Bertz CT molecular complexity index is 579. The second-order valence-corrected chi connectivity index (χ2v) is 8.17. The van der Waals surface area contributed by atoms with Gasteiger partial charge in [-0.15, -0.1) is 11.3 Å². The van der Waals surface area contributed by atoms with Crippen molar-refractivity contribution >= 4 is 37.0 Å². The maximum absolute atomic E-state index is 11.9. The zero-order valence-corrected chi connectivity index (χ0v) is 13.1. The maximum Gasteiger partial charge on any atom is 0.270 e. The summed E-state index contributed by atoms with van der Waals surface area (Å²) in [5, 5.41) is 2.76. The molecule has 1 aromatic rings. The predicted octanol–water partition coefficient (Wildman–Crippen LogP) is 1.27. The van der Waals surface area contributed by atoms with Crippen molar-refractivity contribution in [1.82, 2.24) is 5.32 Å².